The molecule has 0 amide bonds. The molecule has 0 aliphatic carbocycles. The number of methoxy groups -OCH3 is 1. The number of rotatable bonds is 6. The van der Waals surface area contributed by atoms with Crippen molar-refractivity contribution in [3.05, 3.63) is 46.0 Å². The van der Waals surface area contributed by atoms with Crippen LogP contribution < -0.4 is 10.3 Å². The lowest BCUT2D eigenvalue weighted by atomic mass is 9.94. The highest BCUT2D eigenvalue weighted by Crippen LogP contribution is 2.33. The molecule has 3 aromatic rings. The van der Waals surface area contributed by atoms with Gasteiger partial charge in [-0.1, -0.05) is 13.8 Å². The fraction of sp³-hybridized carbons (Fsp3) is 0.565. The quantitative estimate of drug-likeness (QED) is 0.652. The lowest BCUT2D eigenvalue weighted by Crippen LogP contribution is -2.41. The van der Waals surface area contributed by atoms with Gasteiger partial charge in [0.05, 0.1) is 18.2 Å². The van der Waals surface area contributed by atoms with E-state index >= 15 is 0 Å². The molecule has 1 atom stereocenters. The summed E-state index contributed by atoms with van der Waals surface area (Å²) in [4.78, 5) is 18.7. The third kappa shape index (κ3) is 4.08. The van der Waals surface area contributed by atoms with Gasteiger partial charge in [-0.05, 0) is 86.1 Å². The zero-order valence-electron chi connectivity index (χ0n) is 19.1. The number of tetrazole rings is 1. The van der Waals surface area contributed by atoms with Gasteiger partial charge in [0.25, 0.3) is 5.56 Å². The molecule has 0 bridgehead atoms. The summed E-state index contributed by atoms with van der Waals surface area (Å²) >= 11 is 0. The summed E-state index contributed by atoms with van der Waals surface area (Å²) in [7, 11) is 1.62. The van der Waals surface area contributed by atoms with Crippen LogP contribution in [0.2, 0.25) is 0 Å². The molecule has 31 heavy (non-hydrogen) atoms. The highest BCUT2D eigenvalue weighted by molar-refractivity contribution is 5.80. The zero-order valence-corrected chi connectivity index (χ0v) is 19.1. The first kappa shape index (κ1) is 21.5. The molecule has 1 aromatic carbocycles. The number of nitrogens with one attached hydrogen (secondary N) is 1. The minimum atomic E-state index is -0.302. The minimum absolute atomic E-state index is 0.117. The minimum Gasteiger partial charge on any atom is -0.497 e. The van der Waals surface area contributed by atoms with Crippen LogP contribution >= 0.6 is 0 Å². The lowest BCUT2D eigenvalue weighted by molar-refractivity contribution is 0.143. The first-order chi connectivity index (χ1) is 14.8. The van der Waals surface area contributed by atoms with Crippen LogP contribution in [0.4, 0.5) is 0 Å². The van der Waals surface area contributed by atoms with Gasteiger partial charge in [0.2, 0.25) is 0 Å². The fourth-order valence-electron chi connectivity index (χ4n) is 4.26. The Labute approximate surface area is 182 Å². The number of aromatic nitrogens is 5. The van der Waals surface area contributed by atoms with Gasteiger partial charge in [-0.2, -0.15) is 0 Å². The molecule has 1 aliphatic rings. The largest absolute Gasteiger partial charge is 0.497 e. The van der Waals surface area contributed by atoms with Crippen molar-refractivity contribution in [3.63, 3.8) is 0 Å². The van der Waals surface area contributed by atoms with Gasteiger partial charge in [-0.25, -0.2) is 4.68 Å². The Kier molecular flexibility index (Phi) is 5.83. The Hall–Kier alpha value is -2.74. The smallest absolute Gasteiger partial charge is 0.253 e. The Balaban J connectivity index is 1.87. The zero-order chi connectivity index (χ0) is 22.2. The van der Waals surface area contributed by atoms with Crippen molar-refractivity contribution >= 4 is 10.9 Å². The maximum atomic E-state index is 13.3. The topological polar surface area (TPSA) is 88.9 Å². The molecule has 0 radical (unpaired) electrons. The molecule has 0 saturated carbocycles. The number of aromatic amines is 1. The SMILES string of the molecule is CCC(C)(C)n1nnnc1[C@@H](c1cc2ccc(OC)cc2[nH]c1=O)N1CCC(C)CC1. The maximum Gasteiger partial charge on any atom is 0.253 e. The Morgan fingerprint density at radius 1 is 1.26 bits per heavy atom. The molecular formula is C23H32N6O2. The predicted molar refractivity (Wildman–Crippen MR) is 120 cm³/mol. The molecule has 0 unspecified atom stereocenters. The van der Waals surface area contributed by atoms with Gasteiger partial charge in [0, 0.05) is 11.6 Å². The number of ether oxygens (including phenoxy) is 1. The lowest BCUT2D eigenvalue weighted by Gasteiger charge is -2.37. The van der Waals surface area contributed by atoms with Crippen LogP contribution in [0.1, 0.15) is 64.4 Å². The van der Waals surface area contributed by atoms with Crippen LogP contribution in [0.25, 0.3) is 10.9 Å². The van der Waals surface area contributed by atoms with Crippen LogP contribution in [-0.4, -0.2) is 50.3 Å². The molecule has 1 fully saturated rings. The standard InChI is InChI=1S/C23H32N6O2/c1-6-23(3,4)29-21(25-26-27-29)20(28-11-9-15(2)10-12-28)18-13-16-7-8-17(31-5)14-19(16)24-22(18)30/h7-8,13-15,20H,6,9-12H2,1-5H3,(H,24,30)/t20-/m1/s1. The van der Waals surface area contributed by atoms with Crippen LogP contribution in [-0.2, 0) is 5.54 Å². The molecule has 1 aliphatic heterocycles. The van der Waals surface area contributed by atoms with E-state index in [0.717, 1.165) is 49.1 Å². The van der Waals surface area contributed by atoms with E-state index in [-0.39, 0.29) is 17.1 Å². The number of pyridine rings is 1. The van der Waals surface area contributed by atoms with Gasteiger partial charge in [0.15, 0.2) is 5.82 Å². The second-order valence-electron chi connectivity index (χ2n) is 9.24. The molecule has 3 heterocycles. The summed E-state index contributed by atoms with van der Waals surface area (Å²) in [6.45, 7) is 10.5. The summed E-state index contributed by atoms with van der Waals surface area (Å²) in [5, 5.41) is 13.7. The van der Waals surface area contributed by atoms with Crippen molar-refractivity contribution < 1.29 is 4.74 Å². The molecule has 2 aromatic heterocycles. The van der Waals surface area contributed by atoms with Crippen LogP contribution in [0.3, 0.4) is 0 Å². The highest BCUT2D eigenvalue weighted by Gasteiger charge is 2.35. The maximum absolute atomic E-state index is 13.3. The summed E-state index contributed by atoms with van der Waals surface area (Å²) in [5.74, 6) is 2.12. The van der Waals surface area contributed by atoms with E-state index in [0.29, 0.717) is 17.2 Å². The number of likely N-dealkylation sites (tertiary alicyclic amines) is 1. The predicted octanol–water partition coefficient (Wildman–Crippen LogP) is 3.49. The number of H-pyrrole nitrogens is 1. The van der Waals surface area contributed by atoms with Gasteiger partial charge >= 0.3 is 0 Å². The average Bonchev–Trinajstić information content (AvgIpc) is 3.25. The van der Waals surface area contributed by atoms with E-state index in [1.54, 1.807) is 7.11 Å². The number of benzene rings is 1. The number of fused-ring (bicyclic) bond motifs is 1. The highest BCUT2D eigenvalue weighted by atomic mass is 16.5. The first-order valence-corrected chi connectivity index (χ1v) is 11.1. The number of nitrogens with zero attached hydrogens (tertiary/aromatic N) is 5. The van der Waals surface area contributed by atoms with Crippen molar-refractivity contribution in [1.29, 1.82) is 0 Å². The summed E-state index contributed by atoms with van der Waals surface area (Å²) < 4.78 is 7.21. The Morgan fingerprint density at radius 2 is 2.00 bits per heavy atom. The molecule has 1 saturated heterocycles. The van der Waals surface area contributed by atoms with Crippen LogP contribution in [0.5, 0.6) is 5.75 Å². The average molecular weight is 425 g/mol. The van der Waals surface area contributed by atoms with Crippen molar-refractivity contribution in [2.75, 3.05) is 20.2 Å². The number of piperidine rings is 1. The third-order valence-corrected chi connectivity index (χ3v) is 6.74. The fourth-order valence-corrected chi connectivity index (χ4v) is 4.26. The molecular weight excluding hydrogens is 392 g/mol. The summed E-state index contributed by atoms with van der Waals surface area (Å²) in [6.07, 6.45) is 3.07. The molecule has 1 N–H and O–H groups in total. The molecule has 166 valence electrons. The molecule has 8 heteroatoms. The summed E-state index contributed by atoms with van der Waals surface area (Å²) in [6, 6.07) is 7.41. The molecule has 0 spiro atoms. The number of hydrogen-bond acceptors (Lipinski definition) is 6. The van der Waals surface area contributed by atoms with E-state index < -0.39 is 0 Å². The van der Waals surface area contributed by atoms with Gasteiger partial charge < -0.3 is 9.72 Å². The monoisotopic (exact) mass is 424 g/mol. The second-order valence-corrected chi connectivity index (χ2v) is 9.24. The van der Waals surface area contributed by atoms with E-state index in [9.17, 15) is 4.79 Å². The Bertz CT molecular complexity index is 1110. The van der Waals surface area contributed by atoms with E-state index in [1.165, 1.54) is 0 Å². The third-order valence-electron chi connectivity index (χ3n) is 6.74. The van der Waals surface area contributed by atoms with Crippen molar-refractivity contribution in [2.24, 2.45) is 5.92 Å². The molecule has 4 rings (SSSR count). The van der Waals surface area contributed by atoms with Crippen molar-refractivity contribution in [1.82, 2.24) is 30.1 Å². The van der Waals surface area contributed by atoms with Crippen molar-refractivity contribution in [3.8, 4) is 5.75 Å². The van der Waals surface area contributed by atoms with Crippen molar-refractivity contribution in [2.45, 2.75) is 58.5 Å². The second kappa shape index (κ2) is 8.42. The molecule has 8 nitrogen and oxygen atoms in total. The van der Waals surface area contributed by atoms with Gasteiger partial charge in [-0.3, -0.25) is 9.69 Å². The van der Waals surface area contributed by atoms with E-state index in [2.05, 4.69) is 53.1 Å². The number of hydrogen-bond donors (Lipinski definition) is 1. The van der Waals surface area contributed by atoms with Gasteiger partial charge in [-0.15, -0.1) is 5.10 Å². The van der Waals surface area contributed by atoms with Gasteiger partial charge in [0.1, 0.15) is 11.8 Å². The van der Waals surface area contributed by atoms with E-state index in [1.807, 2.05) is 28.9 Å². The Morgan fingerprint density at radius 3 is 2.68 bits per heavy atom. The normalized spacial score (nSPS) is 17.2. The first-order valence-electron chi connectivity index (χ1n) is 11.1. The van der Waals surface area contributed by atoms with E-state index in [4.69, 9.17) is 4.74 Å². The van der Waals surface area contributed by atoms with Crippen LogP contribution in [0, 0.1) is 5.92 Å². The summed E-state index contributed by atoms with van der Waals surface area (Å²) in [5.41, 5.74) is 1.06. The van der Waals surface area contributed by atoms with Crippen LogP contribution in [0.15, 0.2) is 29.1 Å².